The first-order valence-electron chi connectivity index (χ1n) is 12.5. The van der Waals surface area contributed by atoms with E-state index in [4.69, 9.17) is 9.47 Å². The zero-order valence-corrected chi connectivity index (χ0v) is 20.4. The summed E-state index contributed by atoms with van der Waals surface area (Å²) in [6, 6.07) is 16.4. The number of rotatable bonds is 4. The van der Waals surface area contributed by atoms with Crippen LogP contribution in [0, 0.1) is 22.0 Å². The molecule has 0 aromatic heterocycles. The average Bonchev–Trinajstić information content (AvgIpc) is 3.44. The van der Waals surface area contributed by atoms with E-state index < -0.39 is 46.4 Å². The summed E-state index contributed by atoms with van der Waals surface area (Å²) in [7, 11) is 0. The van der Waals surface area contributed by atoms with Gasteiger partial charge in [-0.15, -0.1) is 0 Å². The Hall–Kier alpha value is -4.99. The number of non-ortho nitro benzene ring substituents is 1. The summed E-state index contributed by atoms with van der Waals surface area (Å²) in [5, 5.41) is 11.4. The van der Waals surface area contributed by atoms with Crippen LogP contribution in [0.5, 0.6) is 11.5 Å². The fourth-order valence-corrected chi connectivity index (χ4v) is 6.23. The molecule has 4 atom stereocenters. The van der Waals surface area contributed by atoms with Crippen LogP contribution < -0.4 is 14.4 Å². The Bertz CT molecular complexity index is 1620. The molecule has 39 heavy (non-hydrogen) atoms. The highest BCUT2D eigenvalue weighted by molar-refractivity contribution is 6.24. The largest absolute Gasteiger partial charge is 0.486 e. The molecule has 194 valence electrons. The molecule has 4 aliphatic heterocycles. The summed E-state index contributed by atoms with van der Waals surface area (Å²) >= 11 is 0. The molecule has 0 bridgehead atoms. The smallest absolute Gasteiger partial charge is 0.270 e. The van der Waals surface area contributed by atoms with E-state index in [1.807, 2.05) is 30.3 Å². The van der Waals surface area contributed by atoms with Gasteiger partial charge in [0.15, 0.2) is 17.3 Å². The highest BCUT2D eigenvalue weighted by Crippen LogP contribution is 2.54. The van der Waals surface area contributed by atoms with Gasteiger partial charge in [-0.25, -0.2) is 4.90 Å². The molecule has 3 aromatic carbocycles. The summed E-state index contributed by atoms with van der Waals surface area (Å²) < 4.78 is 11.3. The second-order valence-electron chi connectivity index (χ2n) is 9.84. The lowest BCUT2D eigenvalue weighted by Crippen LogP contribution is -2.44. The van der Waals surface area contributed by atoms with Crippen molar-refractivity contribution in [1.82, 2.24) is 4.90 Å². The predicted molar refractivity (Wildman–Crippen MR) is 138 cm³/mol. The van der Waals surface area contributed by atoms with E-state index >= 15 is 0 Å². The van der Waals surface area contributed by atoms with Gasteiger partial charge >= 0.3 is 0 Å². The number of hydrogen-bond acceptors (Lipinski definition) is 8. The minimum Gasteiger partial charge on any atom is -0.486 e. The molecule has 2 saturated heterocycles. The minimum atomic E-state index is -1.02. The van der Waals surface area contributed by atoms with Crippen molar-refractivity contribution in [3.8, 4) is 11.5 Å². The summed E-state index contributed by atoms with van der Waals surface area (Å²) in [5.74, 6) is -2.20. The fraction of sp³-hybridized carbons (Fsp3) is 0.207. The van der Waals surface area contributed by atoms with Crippen molar-refractivity contribution in [2.45, 2.75) is 12.1 Å². The Labute approximate surface area is 222 Å². The average molecular weight is 524 g/mol. The number of ether oxygens (including phenoxy) is 2. The van der Waals surface area contributed by atoms with Gasteiger partial charge in [0.25, 0.3) is 5.69 Å². The van der Waals surface area contributed by atoms with Crippen molar-refractivity contribution in [2.75, 3.05) is 18.1 Å². The molecular formula is C29H21N3O7. The summed E-state index contributed by atoms with van der Waals surface area (Å²) in [5.41, 5.74) is 1.97. The highest BCUT2D eigenvalue weighted by Gasteiger charge is 2.64. The maximum Gasteiger partial charge on any atom is 0.270 e. The second kappa shape index (κ2) is 8.52. The lowest BCUT2D eigenvalue weighted by atomic mass is 9.83. The number of carbonyl (C=O) groups is 3. The van der Waals surface area contributed by atoms with Gasteiger partial charge in [-0.3, -0.25) is 24.5 Å². The molecule has 0 spiro atoms. The van der Waals surface area contributed by atoms with Crippen LogP contribution in [0.2, 0.25) is 0 Å². The Kier molecular flexibility index (Phi) is 5.06. The summed E-state index contributed by atoms with van der Waals surface area (Å²) in [6.45, 7) is 0.757. The van der Waals surface area contributed by atoms with Gasteiger partial charge in [0.1, 0.15) is 19.3 Å². The topological polar surface area (TPSA) is 119 Å². The lowest BCUT2D eigenvalue weighted by Gasteiger charge is -2.35. The molecule has 7 rings (SSSR count). The molecule has 10 heteroatoms. The number of nitro benzene ring substituents is 1. The summed E-state index contributed by atoms with van der Waals surface area (Å²) in [4.78, 5) is 55.9. The van der Waals surface area contributed by atoms with Crippen LogP contribution in [0.25, 0.3) is 6.08 Å². The standard InChI is InChI=1S/C29H21N3O7/c33-27(17-5-3-6-19(14-17)32(36)37)26-24-23(25-20-7-2-1-4-16(20)10-11-30(25)26)28(34)31(29(24)35)18-8-9-21-22(15-18)39-13-12-38-21/h1-11,14-15,23-26H,12-13H2/t23-,24-,25-,26+/m1/s1. The minimum absolute atomic E-state index is 0.110. The maximum absolute atomic E-state index is 14.1. The molecule has 10 nitrogen and oxygen atoms in total. The highest BCUT2D eigenvalue weighted by atomic mass is 16.6. The first kappa shape index (κ1) is 23.2. The third-order valence-electron chi connectivity index (χ3n) is 7.86. The quantitative estimate of drug-likeness (QED) is 0.219. The third-order valence-corrected chi connectivity index (χ3v) is 7.86. The molecule has 2 amide bonds. The molecule has 3 aromatic rings. The van der Waals surface area contributed by atoms with E-state index in [2.05, 4.69) is 0 Å². The Morgan fingerprint density at radius 1 is 0.897 bits per heavy atom. The molecular weight excluding hydrogens is 502 g/mol. The van der Waals surface area contributed by atoms with E-state index in [-0.39, 0.29) is 11.3 Å². The number of benzene rings is 3. The van der Waals surface area contributed by atoms with Crippen LogP contribution in [-0.2, 0) is 9.59 Å². The van der Waals surface area contributed by atoms with E-state index in [0.717, 1.165) is 16.0 Å². The first-order chi connectivity index (χ1) is 18.9. The molecule has 0 N–H and O–H groups in total. The van der Waals surface area contributed by atoms with Crippen molar-refractivity contribution >= 4 is 35.0 Å². The zero-order valence-electron chi connectivity index (χ0n) is 20.4. The molecule has 4 aliphatic rings. The molecule has 0 unspecified atom stereocenters. The second-order valence-corrected chi connectivity index (χ2v) is 9.84. The normalized spacial score (nSPS) is 24.3. The van der Waals surface area contributed by atoms with Crippen LogP contribution in [0.4, 0.5) is 11.4 Å². The van der Waals surface area contributed by atoms with E-state index in [1.54, 1.807) is 29.3 Å². The van der Waals surface area contributed by atoms with Gasteiger partial charge in [-0.05, 0) is 29.3 Å². The van der Waals surface area contributed by atoms with E-state index in [1.165, 1.54) is 24.3 Å². The van der Waals surface area contributed by atoms with Gasteiger partial charge in [-0.1, -0.05) is 36.4 Å². The Morgan fingerprint density at radius 3 is 2.49 bits per heavy atom. The Balaban J connectivity index is 1.35. The summed E-state index contributed by atoms with van der Waals surface area (Å²) in [6.07, 6.45) is 3.61. The molecule has 4 heterocycles. The molecule has 2 fully saturated rings. The maximum atomic E-state index is 14.1. The number of hydrogen-bond donors (Lipinski definition) is 0. The first-order valence-corrected chi connectivity index (χ1v) is 12.5. The number of ketones is 1. The molecule has 0 radical (unpaired) electrons. The number of anilines is 1. The van der Waals surface area contributed by atoms with E-state index in [9.17, 15) is 24.5 Å². The number of fused-ring (bicyclic) bond motifs is 6. The van der Waals surface area contributed by atoms with Crippen molar-refractivity contribution in [1.29, 1.82) is 0 Å². The number of Topliss-reactive ketones (excluding diaryl/α,β-unsaturated/α-hetero) is 1. The number of nitrogens with zero attached hydrogens (tertiary/aromatic N) is 3. The van der Waals surface area contributed by atoms with Crippen molar-refractivity contribution in [3.63, 3.8) is 0 Å². The number of imide groups is 1. The van der Waals surface area contributed by atoms with Crippen LogP contribution in [0.1, 0.15) is 27.5 Å². The number of nitro groups is 1. The fourth-order valence-electron chi connectivity index (χ4n) is 6.23. The third kappa shape index (κ3) is 3.37. The predicted octanol–water partition coefficient (Wildman–Crippen LogP) is 3.76. The van der Waals surface area contributed by atoms with Gasteiger partial charge in [-0.2, -0.15) is 0 Å². The number of carbonyl (C=O) groups excluding carboxylic acids is 3. The van der Waals surface area contributed by atoms with Gasteiger partial charge in [0.05, 0.1) is 28.5 Å². The van der Waals surface area contributed by atoms with Crippen LogP contribution in [0.15, 0.2) is 72.9 Å². The lowest BCUT2D eigenvalue weighted by molar-refractivity contribution is -0.384. The molecule has 0 aliphatic carbocycles. The van der Waals surface area contributed by atoms with Crippen molar-refractivity contribution in [2.24, 2.45) is 11.8 Å². The Morgan fingerprint density at radius 2 is 1.67 bits per heavy atom. The molecule has 0 saturated carbocycles. The van der Waals surface area contributed by atoms with Crippen molar-refractivity contribution < 1.29 is 28.8 Å². The van der Waals surface area contributed by atoms with Gasteiger partial charge < -0.3 is 14.4 Å². The van der Waals surface area contributed by atoms with Crippen LogP contribution >= 0.6 is 0 Å². The van der Waals surface area contributed by atoms with E-state index in [0.29, 0.717) is 30.4 Å². The number of amides is 2. The van der Waals surface area contributed by atoms with Gasteiger partial charge in [0, 0.05) is 30.0 Å². The van der Waals surface area contributed by atoms with Crippen LogP contribution in [0.3, 0.4) is 0 Å². The van der Waals surface area contributed by atoms with Crippen LogP contribution in [-0.4, -0.2) is 46.7 Å². The zero-order chi connectivity index (χ0) is 26.8. The van der Waals surface area contributed by atoms with Gasteiger partial charge in [0.2, 0.25) is 11.8 Å². The van der Waals surface area contributed by atoms with Crippen molar-refractivity contribution in [3.05, 3.63) is 99.7 Å². The monoisotopic (exact) mass is 523 g/mol. The SMILES string of the molecule is O=C(c1cccc([N+](=O)[O-])c1)[C@@H]1[C@@H]2C(=O)N(c3ccc4c(c3)OCCO4)C(=O)[C@H]2[C@H]2c3ccccc3C=CN12.